The third-order valence-electron chi connectivity index (χ3n) is 3.24. The Morgan fingerprint density at radius 3 is 2.80 bits per heavy atom. The first-order valence-electron chi connectivity index (χ1n) is 6.97. The molecule has 2 rings (SSSR count). The van der Waals surface area contributed by atoms with Crippen LogP contribution in [0.4, 0.5) is 0 Å². The Balaban J connectivity index is 1.80. The number of pyridine rings is 1. The van der Waals surface area contributed by atoms with Crippen molar-refractivity contribution in [2.75, 3.05) is 19.7 Å². The van der Waals surface area contributed by atoms with Gasteiger partial charge in [-0.2, -0.15) is 5.10 Å². The number of aryl methyl sites for hydroxylation is 2. The first kappa shape index (κ1) is 14.7. The van der Waals surface area contributed by atoms with E-state index in [4.69, 9.17) is 5.11 Å². The number of hydrogen-bond donors (Lipinski definition) is 1. The molecule has 0 atom stereocenters. The molecule has 1 N–H and O–H groups in total. The quantitative estimate of drug-likeness (QED) is 0.787. The van der Waals surface area contributed by atoms with E-state index in [-0.39, 0.29) is 6.61 Å². The summed E-state index contributed by atoms with van der Waals surface area (Å²) in [5.74, 6) is 0. The van der Waals surface area contributed by atoms with Crippen LogP contribution in [0, 0.1) is 0 Å². The summed E-state index contributed by atoms with van der Waals surface area (Å²) in [5.41, 5.74) is 2.44. The minimum Gasteiger partial charge on any atom is -0.395 e. The molecule has 108 valence electrons. The molecule has 0 spiro atoms. The predicted molar refractivity (Wildman–Crippen MR) is 78.1 cm³/mol. The lowest BCUT2D eigenvalue weighted by atomic mass is 10.2. The highest BCUT2D eigenvalue weighted by atomic mass is 16.3. The van der Waals surface area contributed by atoms with Crippen LogP contribution in [0.3, 0.4) is 0 Å². The van der Waals surface area contributed by atoms with Gasteiger partial charge in [0, 0.05) is 38.7 Å². The number of aromatic nitrogens is 3. The predicted octanol–water partition coefficient (Wildman–Crippen LogP) is 1.24. The normalized spacial score (nSPS) is 11.2. The van der Waals surface area contributed by atoms with Gasteiger partial charge in [0.2, 0.25) is 0 Å². The summed E-state index contributed by atoms with van der Waals surface area (Å²) < 4.78 is 1.83. The molecular weight excluding hydrogens is 252 g/mol. The van der Waals surface area contributed by atoms with Crippen LogP contribution in [0.5, 0.6) is 0 Å². The van der Waals surface area contributed by atoms with Crippen molar-refractivity contribution >= 4 is 0 Å². The van der Waals surface area contributed by atoms with Crippen LogP contribution >= 0.6 is 0 Å². The average molecular weight is 274 g/mol. The van der Waals surface area contributed by atoms with E-state index in [1.807, 2.05) is 30.2 Å². The number of aliphatic hydroxyl groups is 1. The molecule has 0 aliphatic heterocycles. The molecule has 0 radical (unpaired) electrons. The second-order valence-electron chi connectivity index (χ2n) is 4.99. The van der Waals surface area contributed by atoms with Crippen LogP contribution in [-0.2, 0) is 20.0 Å². The second-order valence-corrected chi connectivity index (χ2v) is 4.99. The van der Waals surface area contributed by atoms with Gasteiger partial charge in [-0.15, -0.1) is 0 Å². The van der Waals surface area contributed by atoms with Crippen LogP contribution in [0.15, 0.2) is 36.9 Å². The molecule has 0 saturated carbocycles. The van der Waals surface area contributed by atoms with Gasteiger partial charge >= 0.3 is 0 Å². The molecular formula is C15H22N4O. The highest BCUT2D eigenvalue weighted by molar-refractivity contribution is 5.08. The monoisotopic (exact) mass is 274 g/mol. The van der Waals surface area contributed by atoms with Crippen LogP contribution in [-0.4, -0.2) is 44.5 Å². The highest BCUT2D eigenvalue weighted by Crippen LogP contribution is 2.06. The second kappa shape index (κ2) is 7.77. The minimum absolute atomic E-state index is 0.188. The van der Waals surface area contributed by atoms with Gasteiger partial charge in [-0.25, -0.2) is 0 Å². The van der Waals surface area contributed by atoms with Gasteiger partial charge in [-0.1, -0.05) is 6.07 Å². The molecule has 0 aliphatic rings. The maximum atomic E-state index is 9.16. The van der Waals surface area contributed by atoms with Gasteiger partial charge in [-0.3, -0.25) is 14.6 Å². The molecule has 0 unspecified atom stereocenters. The van der Waals surface area contributed by atoms with E-state index in [0.29, 0.717) is 6.54 Å². The maximum Gasteiger partial charge on any atom is 0.0558 e. The largest absolute Gasteiger partial charge is 0.395 e. The zero-order valence-electron chi connectivity index (χ0n) is 11.9. The van der Waals surface area contributed by atoms with E-state index in [1.54, 1.807) is 6.20 Å². The fourth-order valence-corrected chi connectivity index (χ4v) is 2.27. The zero-order chi connectivity index (χ0) is 14.2. The Labute approximate surface area is 119 Å². The molecule has 20 heavy (non-hydrogen) atoms. The molecule has 5 nitrogen and oxygen atoms in total. The number of hydrogen-bond acceptors (Lipinski definition) is 4. The van der Waals surface area contributed by atoms with E-state index in [9.17, 15) is 0 Å². The zero-order valence-corrected chi connectivity index (χ0v) is 11.9. The lowest BCUT2D eigenvalue weighted by Gasteiger charge is -2.21. The summed E-state index contributed by atoms with van der Waals surface area (Å²) >= 11 is 0. The summed E-state index contributed by atoms with van der Waals surface area (Å²) in [6.45, 7) is 2.68. The van der Waals surface area contributed by atoms with Crippen molar-refractivity contribution in [3.8, 4) is 0 Å². The Bertz CT molecular complexity index is 498. The van der Waals surface area contributed by atoms with Gasteiger partial charge in [0.15, 0.2) is 0 Å². The molecule has 0 saturated heterocycles. The van der Waals surface area contributed by atoms with E-state index in [1.165, 1.54) is 11.1 Å². The number of rotatable bonds is 8. The Hall–Kier alpha value is -1.72. The fourth-order valence-electron chi connectivity index (χ4n) is 2.27. The Morgan fingerprint density at radius 1 is 1.25 bits per heavy atom. The average Bonchev–Trinajstić information content (AvgIpc) is 2.86. The van der Waals surface area contributed by atoms with Gasteiger partial charge in [0.1, 0.15) is 0 Å². The topological polar surface area (TPSA) is 54.2 Å². The van der Waals surface area contributed by atoms with Crippen LogP contribution in [0.2, 0.25) is 0 Å². The van der Waals surface area contributed by atoms with Crippen molar-refractivity contribution in [1.29, 1.82) is 0 Å². The molecule has 0 fully saturated rings. The van der Waals surface area contributed by atoms with Crippen LogP contribution in [0.1, 0.15) is 17.5 Å². The van der Waals surface area contributed by atoms with Gasteiger partial charge < -0.3 is 5.11 Å². The first-order valence-corrected chi connectivity index (χ1v) is 6.97. The maximum absolute atomic E-state index is 9.16. The molecule has 2 aromatic rings. The standard InChI is InChI=1S/C15H22N4O/c1-18-12-15(11-17-18)5-3-7-19(8-9-20)13-14-4-2-6-16-10-14/h2,4,6,10-12,20H,3,5,7-9,13H2,1H3. The van der Waals surface area contributed by atoms with Gasteiger partial charge in [0.05, 0.1) is 12.8 Å². The summed E-state index contributed by atoms with van der Waals surface area (Å²) in [5, 5.41) is 13.3. The number of nitrogens with zero attached hydrogens (tertiary/aromatic N) is 4. The third-order valence-corrected chi connectivity index (χ3v) is 3.24. The van der Waals surface area contributed by atoms with E-state index < -0.39 is 0 Å². The summed E-state index contributed by atoms with van der Waals surface area (Å²) in [6.07, 6.45) is 9.71. The molecule has 2 heterocycles. The summed E-state index contributed by atoms with van der Waals surface area (Å²) in [4.78, 5) is 6.39. The first-order chi connectivity index (χ1) is 9.78. The van der Waals surface area contributed by atoms with E-state index >= 15 is 0 Å². The number of aliphatic hydroxyl groups excluding tert-OH is 1. The highest BCUT2D eigenvalue weighted by Gasteiger charge is 2.06. The molecule has 5 heteroatoms. The van der Waals surface area contributed by atoms with Crippen molar-refractivity contribution in [2.24, 2.45) is 7.05 Å². The third kappa shape index (κ3) is 4.75. The van der Waals surface area contributed by atoms with Crippen LogP contribution in [0.25, 0.3) is 0 Å². The summed E-state index contributed by atoms with van der Waals surface area (Å²) in [7, 11) is 1.93. The molecule has 0 amide bonds. The molecule has 0 bridgehead atoms. The Morgan fingerprint density at radius 2 is 2.15 bits per heavy atom. The fraction of sp³-hybridized carbons (Fsp3) is 0.467. The van der Waals surface area contributed by atoms with Crippen molar-refractivity contribution in [1.82, 2.24) is 19.7 Å². The smallest absolute Gasteiger partial charge is 0.0558 e. The summed E-state index contributed by atoms with van der Waals surface area (Å²) in [6, 6.07) is 4.01. The van der Waals surface area contributed by atoms with E-state index in [0.717, 1.165) is 25.9 Å². The minimum atomic E-state index is 0.188. The Kier molecular flexibility index (Phi) is 5.70. The van der Waals surface area contributed by atoms with Crippen molar-refractivity contribution < 1.29 is 5.11 Å². The SMILES string of the molecule is Cn1cc(CCCN(CCO)Cc2cccnc2)cn1. The lowest BCUT2D eigenvalue weighted by molar-refractivity contribution is 0.188. The lowest BCUT2D eigenvalue weighted by Crippen LogP contribution is -2.28. The van der Waals surface area contributed by atoms with Gasteiger partial charge in [0.25, 0.3) is 0 Å². The van der Waals surface area contributed by atoms with Crippen molar-refractivity contribution in [3.05, 3.63) is 48.0 Å². The molecule has 0 aliphatic carbocycles. The van der Waals surface area contributed by atoms with Crippen molar-refractivity contribution in [2.45, 2.75) is 19.4 Å². The van der Waals surface area contributed by atoms with Crippen molar-refractivity contribution in [3.63, 3.8) is 0 Å². The van der Waals surface area contributed by atoms with Crippen LogP contribution < -0.4 is 0 Å². The molecule has 2 aromatic heterocycles. The van der Waals surface area contributed by atoms with Gasteiger partial charge in [-0.05, 0) is 36.6 Å². The molecule has 0 aromatic carbocycles. The van der Waals surface area contributed by atoms with E-state index in [2.05, 4.69) is 27.2 Å².